The molecule has 1 unspecified atom stereocenters. The highest BCUT2D eigenvalue weighted by Crippen LogP contribution is 2.25. The first-order chi connectivity index (χ1) is 13.0. The molecule has 1 aliphatic rings. The number of hydrogen-bond acceptors (Lipinski definition) is 4. The van der Waals surface area contributed by atoms with Crippen molar-refractivity contribution in [2.75, 3.05) is 13.7 Å². The van der Waals surface area contributed by atoms with Crippen LogP contribution in [0.25, 0.3) is 0 Å². The van der Waals surface area contributed by atoms with Crippen LogP contribution in [0.3, 0.4) is 0 Å². The molecule has 2 aromatic rings. The molecule has 2 aromatic carbocycles. The highest BCUT2D eigenvalue weighted by atomic mass is 16.5. The van der Waals surface area contributed by atoms with E-state index in [2.05, 4.69) is 0 Å². The molecule has 0 saturated carbocycles. The molecule has 0 radical (unpaired) electrons. The van der Waals surface area contributed by atoms with E-state index in [9.17, 15) is 9.59 Å². The number of carbonyl (C=O) groups excluding carboxylic acids is 2. The smallest absolute Gasteiger partial charge is 0.328 e. The lowest BCUT2D eigenvalue weighted by atomic mass is 9.93. The van der Waals surface area contributed by atoms with E-state index in [-0.39, 0.29) is 24.9 Å². The molecule has 5 nitrogen and oxygen atoms in total. The fourth-order valence-corrected chi connectivity index (χ4v) is 3.40. The van der Waals surface area contributed by atoms with Gasteiger partial charge in [0.05, 0.1) is 20.1 Å². The van der Waals surface area contributed by atoms with Crippen molar-refractivity contribution in [3.05, 3.63) is 64.7 Å². The van der Waals surface area contributed by atoms with Crippen LogP contribution in [0.4, 0.5) is 0 Å². The first-order valence-corrected chi connectivity index (χ1v) is 9.14. The third-order valence-electron chi connectivity index (χ3n) is 5.17. The van der Waals surface area contributed by atoms with E-state index in [1.807, 2.05) is 56.3 Å². The number of carbonyl (C=O) groups is 2. The van der Waals surface area contributed by atoms with E-state index in [0.717, 1.165) is 28.0 Å². The van der Waals surface area contributed by atoms with E-state index in [4.69, 9.17) is 9.47 Å². The van der Waals surface area contributed by atoms with Gasteiger partial charge in [-0.15, -0.1) is 0 Å². The van der Waals surface area contributed by atoms with Gasteiger partial charge in [0.1, 0.15) is 11.8 Å². The Kier molecular flexibility index (Phi) is 5.79. The van der Waals surface area contributed by atoms with Crippen LogP contribution in [-0.4, -0.2) is 36.5 Å². The van der Waals surface area contributed by atoms with Crippen molar-refractivity contribution in [2.24, 2.45) is 0 Å². The van der Waals surface area contributed by atoms with Gasteiger partial charge in [-0.2, -0.15) is 0 Å². The molecule has 0 aromatic heterocycles. The molecule has 1 atom stereocenters. The van der Waals surface area contributed by atoms with Gasteiger partial charge in [-0.1, -0.05) is 36.4 Å². The first-order valence-electron chi connectivity index (χ1n) is 9.14. The number of nitrogens with zero attached hydrogens (tertiary/aromatic N) is 1. The summed E-state index contributed by atoms with van der Waals surface area (Å²) >= 11 is 0. The topological polar surface area (TPSA) is 55.8 Å². The molecule has 3 rings (SSSR count). The fraction of sp³-hybridized carbons (Fsp3) is 0.364. The zero-order valence-electron chi connectivity index (χ0n) is 16.0. The van der Waals surface area contributed by atoms with Gasteiger partial charge < -0.3 is 14.4 Å². The van der Waals surface area contributed by atoms with Gasteiger partial charge in [0.2, 0.25) is 5.91 Å². The SMILES string of the molecule is COC(=O)C1Cc2ccccc2CN1C(=O)CCOc1cccc(C)c1C. The monoisotopic (exact) mass is 367 g/mol. The summed E-state index contributed by atoms with van der Waals surface area (Å²) in [4.78, 5) is 26.7. The lowest BCUT2D eigenvalue weighted by molar-refractivity contribution is -0.154. The van der Waals surface area contributed by atoms with E-state index in [0.29, 0.717) is 13.0 Å². The summed E-state index contributed by atoms with van der Waals surface area (Å²) in [5.41, 5.74) is 4.38. The highest BCUT2D eigenvalue weighted by Gasteiger charge is 2.34. The van der Waals surface area contributed by atoms with Gasteiger partial charge >= 0.3 is 5.97 Å². The zero-order valence-corrected chi connectivity index (χ0v) is 16.0. The lowest BCUT2D eigenvalue weighted by Gasteiger charge is -2.35. The van der Waals surface area contributed by atoms with Crippen molar-refractivity contribution >= 4 is 11.9 Å². The molecule has 0 aliphatic carbocycles. The summed E-state index contributed by atoms with van der Waals surface area (Å²) in [7, 11) is 1.36. The molecule has 1 heterocycles. The van der Waals surface area contributed by atoms with Gasteiger partial charge in [-0.25, -0.2) is 4.79 Å². The van der Waals surface area contributed by atoms with Crippen molar-refractivity contribution in [1.82, 2.24) is 4.90 Å². The van der Waals surface area contributed by atoms with E-state index in [1.54, 1.807) is 4.90 Å². The average molecular weight is 367 g/mol. The highest BCUT2D eigenvalue weighted by molar-refractivity contribution is 5.85. The minimum atomic E-state index is -0.585. The predicted molar refractivity (Wildman–Crippen MR) is 103 cm³/mol. The normalized spacial score (nSPS) is 15.8. The van der Waals surface area contributed by atoms with Crippen LogP contribution in [-0.2, 0) is 27.3 Å². The second-order valence-corrected chi connectivity index (χ2v) is 6.83. The molecule has 0 saturated heterocycles. The summed E-state index contributed by atoms with van der Waals surface area (Å²) in [6, 6.07) is 13.2. The summed E-state index contributed by atoms with van der Waals surface area (Å²) in [6.45, 7) is 4.72. The first kappa shape index (κ1) is 19.0. The van der Waals surface area contributed by atoms with Crippen molar-refractivity contribution in [3.63, 3.8) is 0 Å². The van der Waals surface area contributed by atoms with Crippen LogP contribution in [0, 0.1) is 13.8 Å². The third-order valence-corrected chi connectivity index (χ3v) is 5.17. The largest absolute Gasteiger partial charge is 0.493 e. The van der Waals surface area contributed by atoms with Crippen molar-refractivity contribution in [2.45, 2.75) is 39.3 Å². The number of benzene rings is 2. The number of esters is 1. The molecule has 1 aliphatic heterocycles. The maximum atomic E-state index is 12.8. The second-order valence-electron chi connectivity index (χ2n) is 6.83. The Morgan fingerprint density at radius 2 is 1.81 bits per heavy atom. The number of amides is 1. The molecule has 0 N–H and O–H groups in total. The van der Waals surface area contributed by atoms with E-state index in [1.165, 1.54) is 7.11 Å². The number of fused-ring (bicyclic) bond motifs is 1. The Morgan fingerprint density at radius 3 is 2.56 bits per heavy atom. The summed E-state index contributed by atoms with van der Waals surface area (Å²) < 4.78 is 10.7. The summed E-state index contributed by atoms with van der Waals surface area (Å²) in [5, 5.41) is 0. The van der Waals surface area contributed by atoms with Crippen LogP contribution in [0.5, 0.6) is 5.75 Å². The molecule has 0 fully saturated rings. The number of methoxy groups -OCH3 is 1. The Balaban J connectivity index is 1.68. The van der Waals surface area contributed by atoms with Gasteiger partial charge in [-0.05, 0) is 42.2 Å². The predicted octanol–water partition coefficient (Wildman–Crippen LogP) is 3.20. The summed E-state index contributed by atoms with van der Waals surface area (Å²) in [5.74, 6) is 0.301. The molecule has 0 bridgehead atoms. The van der Waals surface area contributed by atoms with Gasteiger partial charge in [0.25, 0.3) is 0 Å². The Labute approximate surface area is 159 Å². The summed E-state index contributed by atoms with van der Waals surface area (Å²) in [6.07, 6.45) is 0.690. The fourth-order valence-electron chi connectivity index (χ4n) is 3.40. The molecular weight excluding hydrogens is 342 g/mol. The maximum absolute atomic E-state index is 12.8. The van der Waals surface area contributed by atoms with Crippen LogP contribution in [0.1, 0.15) is 28.7 Å². The van der Waals surface area contributed by atoms with Gasteiger partial charge in [0, 0.05) is 13.0 Å². The molecule has 27 heavy (non-hydrogen) atoms. The Bertz CT molecular complexity index is 846. The third kappa shape index (κ3) is 4.13. The van der Waals surface area contributed by atoms with Crippen LogP contribution >= 0.6 is 0 Å². The number of hydrogen-bond donors (Lipinski definition) is 0. The Morgan fingerprint density at radius 1 is 1.07 bits per heavy atom. The van der Waals surface area contributed by atoms with Gasteiger partial charge in [0.15, 0.2) is 0 Å². The Hall–Kier alpha value is -2.82. The average Bonchev–Trinajstić information content (AvgIpc) is 2.69. The number of rotatable bonds is 5. The minimum Gasteiger partial charge on any atom is -0.493 e. The van der Waals surface area contributed by atoms with Crippen molar-refractivity contribution in [1.29, 1.82) is 0 Å². The number of ether oxygens (including phenoxy) is 2. The quantitative estimate of drug-likeness (QED) is 0.762. The van der Waals surface area contributed by atoms with Crippen LogP contribution in [0.15, 0.2) is 42.5 Å². The maximum Gasteiger partial charge on any atom is 0.328 e. The van der Waals surface area contributed by atoms with Crippen LogP contribution in [0.2, 0.25) is 0 Å². The molecule has 0 spiro atoms. The standard InChI is InChI=1S/C22H25NO4/c1-15-7-6-10-20(16(15)2)27-12-11-21(24)23-14-18-9-5-4-8-17(18)13-19(23)22(25)26-3/h4-10,19H,11-14H2,1-3H3. The van der Waals surface area contributed by atoms with Crippen LogP contribution < -0.4 is 4.74 Å². The lowest BCUT2D eigenvalue weighted by Crippen LogP contribution is -2.49. The second kappa shape index (κ2) is 8.25. The van der Waals surface area contributed by atoms with Gasteiger partial charge in [-0.3, -0.25) is 4.79 Å². The molecular formula is C22H25NO4. The molecule has 1 amide bonds. The van der Waals surface area contributed by atoms with E-state index >= 15 is 0 Å². The molecule has 5 heteroatoms. The zero-order chi connectivity index (χ0) is 19.4. The molecule has 142 valence electrons. The van der Waals surface area contributed by atoms with E-state index < -0.39 is 6.04 Å². The minimum absolute atomic E-state index is 0.106. The van der Waals surface area contributed by atoms with Crippen molar-refractivity contribution < 1.29 is 19.1 Å². The number of aryl methyl sites for hydroxylation is 1. The van der Waals surface area contributed by atoms with Crippen molar-refractivity contribution in [3.8, 4) is 5.75 Å².